The van der Waals surface area contributed by atoms with E-state index in [9.17, 15) is 14.9 Å². The summed E-state index contributed by atoms with van der Waals surface area (Å²) in [5, 5.41) is 14.1. The average molecular weight is 280 g/mol. The van der Waals surface area contributed by atoms with Crippen LogP contribution in [0.1, 0.15) is 23.7 Å². The molecule has 0 spiro atoms. The van der Waals surface area contributed by atoms with Crippen molar-refractivity contribution in [2.75, 3.05) is 26.0 Å². The molecule has 0 aliphatic rings. The van der Waals surface area contributed by atoms with Gasteiger partial charge in [-0.2, -0.15) is 0 Å². The van der Waals surface area contributed by atoms with E-state index in [4.69, 9.17) is 5.73 Å². The molecule has 1 aromatic carbocycles. The first kappa shape index (κ1) is 15.9. The van der Waals surface area contributed by atoms with Gasteiger partial charge in [0.2, 0.25) is 0 Å². The third-order valence-corrected chi connectivity index (χ3v) is 2.98. The Balaban J connectivity index is 3.18. The molecule has 0 aliphatic carbocycles. The lowest BCUT2D eigenvalue weighted by Gasteiger charge is -2.17. The quantitative estimate of drug-likeness (QED) is 0.606. The number of nitrogens with two attached hydrogens (primary N) is 1. The molecule has 0 radical (unpaired) electrons. The Morgan fingerprint density at radius 3 is 2.60 bits per heavy atom. The summed E-state index contributed by atoms with van der Waals surface area (Å²) in [5.41, 5.74) is 6.25. The van der Waals surface area contributed by atoms with Gasteiger partial charge in [-0.25, -0.2) is 0 Å². The summed E-state index contributed by atoms with van der Waals surface area (Å²) in [7, 11) is 3.26. The number of nitrogens with one attached hydrogen (secondary N) is 1. The van der Waals surface area contributed by atoms with Crippen LogP contribution in [0.3, 0.4) is 0 Å². The number of rotatable bonds is 6. The Kier molecular flexibility index (Phi) is 5.45. The minimum atomic E-state index is -0.477. The van der Waals surface area contributed by atoms with E-state index in [1.165, 1.54) is 23.1 Å². The zero-order chi connectivity index (χ0) is 15.3. The van der Waals surface area contributed by atoms with Gasteiger partial charge in [0.05, 0.1) is 4.92 Å². The number of hydrogen-bond acceptors (Lipinski definition) is 5. The molecular formula is C13H20N4O3. The average Bonchev–Trinajstić information content (AvgIpc) is 2.43. The van der Waals surface area contributed by atoms with E-state index in [1.807, 2.05) is 6.92 Å². The first-order chi connectivity index (χ1) is 9.40. The van der Waals surface area contributed by atoms with E-state index in [2.05, 4.69) is 5.32 Å². The number of nitrogens with zero attached hydrogens (tertiary/aromatic N) is 2. The van der Waals surface area contributed by atoms with Gasteiger partial charge in [0, 0.05) is 38.3 Å². The molecule has 7 heteroatoms. The van der Waals surface area contributed by atoms with Crippen LogP contribution >= 0.6 is 0 Å². The first-order valence-corrected chi connectivity index (χ1v) is 6.37. The van der Waals surface area contributed by atoms with E-state index in [1.54, 1.807) is 14.1 Å². The summed E-state index contributed by atoms with van der Waals surface area (Å²) in [6, 6.07) is 4.22. The zero-order valence-corrected chi connectivity index (χ0v) is 11.9. The maximum atomic E-state index is 11.9. The molecule has 3 N–H and O–H groups in total. The Labute approximate surface area is 117 Å². The standard InChI is InChI=1S/C13H20N4O3/c1-4-10(8-14)15-11-7-9(13(18)16(2)3)5-6-12(11)17(19)20/h5-7,10,15H,4,8,14H2,1-3H3. The van der Waals surface area contributed by atoms with Crippen LogP contribution in [0.2, 0.25) is 0 Å². The highest BCUT2D eigenvalue weighted by Gasteiger charge is 2.19. The van der Waals surface area contributed by atoms with Crippen LogP contribution < -0.4 is 11.1 Å². The molecule has 1 aromatic rings. The van der Waals surface area contributed by atoms with Crippen LogP contribution in [0.5, 0.6) is 0 Å². The second-order valence-electron chi connectivity index (χ2n) is 4.67. The molecule has 1 unspecified atom stereocenters. The second-order valence-corrected chi connectivity index (χ2v) is 4.67. The highest BCUT2D eigenvalue weighted by Crippen LogP contribution is 2.26. The molecule has 1 atom stereocenters. The SMILES string of the molecule is CCC(CN)Nc1cc(C(=O)N(C)C)ccc1[N+](=O)[O-]. The van der Waals surface area contributed by atoms with Crippen LogP contribution in [-0.4, -0.2) is 42.4 Å². The van der Waals surface area contributed by atoms with Gasteiger partial charge in [0.1, 0.15) is 5.69 Å². The van der Waals surface area contributed by atoms with Crippen molar-refractivity contribution in [3.8, 4) is 0 Å². The predicted octanol–water partition coefficient (Wildman–Crippen LogP) is 1.45. The lowest BCUT2D eigenvalue weighted by molar-refractivity contribution is -0.384. The number of nitro groups is 1. The summed E-state index contributed by atoms with van der Waals surface area (Å²) in [6.45, 7) is 2.30. The van der Waals surface area contributed by atoms with E-state index in [0.717, 1.165) is 6.42 Å². The summed E-state index contributed by atoms with van der Waals surface area (Å²) < 4.78 is 0. The van der Waals surface area contributed by atoms with Crippen molar-refractivity contribution in [3.63, 3.8) is 0 Å². The van der Waals surface area contributed by atoms with Crippen LogP contribution in [0, 0.1) is 10.1 Å². The molecule has 0 saturated carbocycles. The van der Waals surface area contributed by atoms with Crippen molar-refractivity contribution in [2.24, 2.45) is 5.73 Å². The van der Waals surface area contributed by atoms with Gasteiger partial charge in [-0.1, -0.05) is 6.92 Å². The third kappa shape index (κ3) is 3.67. The molecule has 1 rings (SSSR count). The Bertz CT molecular complexity index is 498. The summed E-state index contributed by atoms with van der Waals surface area (Å²) in [6.07, 6.45) is 0.736. The van der Waals surface area contributed by atoms with Crippen molar-refractivity contribution < 1.29 is 9.72 Å². The molecule has 0 aromatic heterocycles. The van der Waals surface area contributed by atoms with Gasteiger partial charge < -0.3 is 16.0 Å². The largest absolute Gasteiger partial charge is 0.375 e. The van der Waals surface area contributed by atoms with Gasteiger partial charge in [0.25, 0.3) is 11.6 Å². The van der Waals surface area contributed by atoms with Crippen molar-refractivity contribution in [3.05, 3.63) is 33.9 Å². The number of nitro benzene ring substituents is 1. The number of anilines is 1. The fourth-order valence-electron chi connectivity index (χ4n) is 1.75. The van der Waals surface area contributed by atoms with E-state index in [-0.39, 0.29) is 17.6 Å². The van der Waals surface area contributed by atoms with Crippen LogP contribution in [0.25, 0.3) is 0 Å². The van der Waals surface area contributed by atoms with Gasteiger partial charge in [-0.05, 0) is 18.6 Å². The van der Waals surface area contributed by atoms with Crippen molar-refractivity contribution >= 4 is 17.3 Å². The fraction of sp³-hybridized carbons (Fsp3) is 0.462. The van der Waals surface area contributed by atoms with Crippen LogP contribution in [0.4, 0.5) is 11.4 Å². The highest BCUT2D eigenvalue weighted by molar-refractivity contribution is 5.95. The summed E-state index contributed by atoms with van der Waals surface area (Å²) in [4.78, 5) is 23.9. The van der Waals surface area contributed by atoms with Crippen LogP contribution in [-0.2, 0) is 0 Å². The van der Waals surface area contributed by atoms with E-state index < -0.39 is 4.92 Å². The minimum Gasteiger partial charge on any atom is -0.375 e. The highest BCUT2D eigenvalue weighted by atomic mass is 16.6. The summed E-state index contributed by atoms with van der Waals surface area (Å²) in [5.74, 6) is -0.205. The second kappa shape index (κ2) is 6.85. The van der Waals surface area contributed by atoms with Gasteiger partial charge in [-0.3, -0.25) is 14.9 Å². The molecule has 0 bridgehead atoms. The van der Waals surface area contributed by atoms with Crippen molar-refractivity contribution in [2.45, 2.75) is 19.4 Å². The normalized spacial score (nSPS) is 11.8. The molecule has 1 amide bonds. The van der Waals surface area contributed by atoms with Gasteiger partial charge in [0.15, 0.2) is 0 Å². The Morgan fingerprint density at radius 2 is 2.15 bits per heavy atom. The van der Waals surface area contributed by atoms with Crippen molar-refractivity contribution in [1.29, 1.82) is 0 Å². The molecule has 0 saturated heterocycles. The number of carbonyl (C=O) groups is 1. The maximum Gasteiger partial charge on any atom is 0.292 e. The van der Waals surface area contributed by atoms with Crippen molar-refractivity contribution in [1.82, 2.24) is 4.90 Å². The summed E-state index contributed by atoms with van der Waals surface area (Å²) >= 11 is 0. The topological polar surface area (TPSA) is 102 Å². The molecule has 0 aliphatic heterocycles. The number of benzene rings is 1. The van der Waals surface area contributed by atoms with Gasteiger partial charge >= 0.3 is 0 Å². The molecule has 0 fully saturated rings. The first-order valence-electron chi connectivity index (χ1n) is 6.37. The number of carbonyl (C=O) groups excluding carboxylic acids is 1. The zero-order valence-electron chi connectivity index (χ0n) is 11.9. The molecule has 110 valence electrons. The monoisotopic (exact) mass is 280 g/mol. The maximum absolute atomic E-state index is 11.9. The number of amides is 1. The number of hydrogen-bond donors (Lipinski definition) is 2. The fourth-order valence-corrected chi connectivity index (χ4v) is 1.75. The Hall–Kier alpha value is -2.15. The molecular weight excluding hydrogens is 260 g/mol. The Morgan fingerprint density at radius 1 is 1.50 bits per heavy atom. The van der Waals surface area contributed by atoms with Crippen LogP contribution in [0.15, 0.2) is 18.2 Å². The lowest BCUT2D eigenvalue weighted by Crippen LogP contribution is -2.28. The smallest absolute Gasteiger partial charge is 0.292 e. The lowest BCUT2D eigenvalue weighted by atomic mass is 10.1. The minimum absolute atomic E-state index is 0.0628. The van der Waals surface area contributed by atoms with E-state index in [0.29, 0.717) is 17.8 Å². The van der Waals surface area contributed by atoms with Gasteiger partial charge in [-0.15, -0.1) is 0 Å². The molecule has 7 nitrogen and oxygen atoms in total. The van der Waals surface area contributed by atoms with E-state index >= 15 is 0 Å². The predicted molar refractivity (Wildman–Crippen MR) is 77.9 cm³/mol. The molecule has 20 heavy (non-hydrogen) atoms. The third-order valence-electron chi connectivity index (χ3n) is 2.98. The molecule has 0 heterocycles.